The number of aromatic amines is 1. The zero-order chi connectivity index (χ0) is 27.4. The number of nitrogens with one attached hydrogen (secondary N) is 3. The van der Waals surface area contributed by atoms with E-state index in [0.29, 0.717) is 34.8 Å². The number of methoxy groups -OCH3 is 1. The van der Waals surface area contributed by atoms with Crippen LogP contribution >= 0.6 is 11.8 Å². The summed E-state index contributed by atoms with van der Waals surface area (Å²) in [6.45, 7) is 2.16. The molecule has 39 heavy (non-hydrogen) atoms. The molecule has 0 saturated carbocycles. The summed E-state index contributed by atoms with van der Waals surface area (Å²) < 4.78 is 5.33. The molecule has 0 bridgehead atoms. The van der Waals surface area contributed by atoms with Crippen molar-refractivity contribution in [2.75, 3.05) is 18.2 Å². The van der Waals surface area contributed by atoms with E-state index >= 15 is 0 Å². The number of nitrogens with zero attached hydrogens (tertiary/aromatic N) is 4. The van der Waals surface area contributed by atoms with Crippen LogP contribution < -0.4 is 15.4 Å². The number of hydrogen-bond acceptors (Lipinski definition) is 8. The van der Waals surface area contributed by atoms with Gasteiger partial charge in [0.05, 0.1) is 18.6 Å². The highest BCUT2D eigenvalue weighted by molar-refractivity contribution is 8.14. The van der Waals surface area contributed by atoms with Crippen molar-refractivity contribution in [1.82, 2.24) is 20.4 Å². The van der Waals surface area contributed by atoms with Crippen molar-refractivity contribution in [2.45, 2.75) is 32.4 Å². The van der Waals surface area contributed by atoms with Gasteiger partial charge in [-0.2, -0.15) is 5.10 Å². The van der Waals surface area contributed by atoms with E-state index < -0.39 is 6.04 Å². The third kappa shape index (κ3) is 5.85. The molecule has 200 valence electrons. The van der Waals surface area contributed by atoms with Gasteiger partial charge in [0.15, 0.2) is 11.0 Å². The minimum atomic E-state index is -0.727. The molecule has 3 amide bonds. The van der Waals surface area contributed by atoms with Crippen LogP contribution in [0.25, 0.3) is 0 Å². The molecule has 2 aromatic carbocycles. The minimum Gasteiger partial charge on any atom is -0.496 e. The molecule has 12 heteroatoms. The Hall–Kier alpha value is -4.45. The summed E-state index contributed by atoms with van der Waals surface area (Å²) in [4.78, 5) is 49.3. The second-order valence-corrected chi connectivity index (χ2v) is 9.90. The number of para-hydroxylation sites is 2. The van der Waals surface area contributed by atoms with Crippen LogP contribution in [0.3, 0.4) is 0 Å². The number of aromatic nitrogens is 2. The van der Waals surface area contributed by atoms with Gasteiger partial charge >= 0.3 is 0 Å². The van der Waals surface area contributed by atoms with Gasteiger partial charge in [-0.05, 0) is 31.5 Å². The van der Waals surface area contributed by atoms with E-state index in [2.05, 4.69) is 30.8 Å². The standard InChI is InChI=1S/C27H27N7O4S/c1-16-13-22(33-32-16)31-24(36)15-39-27-30-19-9-5-4-8-18(19)25-29-20(26(37)34(25)27)11-12-23(35)28-14-17-7-3-6-10-21(17)38-2/h3-10,13,20H,11-12,14-15H2,1-2H3,(H,28,35)(H2,31,32,33,36)/t20-/m0/s1. The molecule has 0 saturated heterocycles. The van der Waals surface area contributed by atoms with Gasteiger partial charge in [0.1, 0.15) is 17.6 Å². The molecule has 0 unspecified atom stereocenters. The number of carbonyl (C=O) groups excluding carboxylic acids is 3. The molecule has 3 heterocycles. The van der Waals surface area contributed by atoms with Gasteiger partial charge in [-0.3, -0.25) is 24.5 Å². The quantitative estimate of drug-likeness (QED) is 0.377. The van der Waals surface area contributed by atoms with E-state index in [4.69, 9.17) is 4.74 Å². The molecule has 0 aliphatic carbocycles. The predicted molar refractivity (Wildman–Crippen MR) is 149 cm³/mol. The van der Waals surface area contributed by atoms with Gasteiger partial charge < -0.3 is 15.4 Å². The van der Waals surface area contributed by atoms with Crippen LogP contribution in [-0.2, 0) is 20.9 Å². The molecular formula is C27H27N7O4S. The number of benzene rings is 2. The molecule has 11 nitrogen and oxygen atoms in total. The number of hydrogen-bond donors (Lipinski definition) is 3. The smallest absolute Gasteiger partial charge is 0.259 e. The maximum absolute atomic E-state index is 13.4. The summed E-state index contributed by atoms with van der Waals surface area (Å²) in [5, 5.41) is 12.8. The Kier molecular flexibility index (Phi) is 7.73. The van der Waals surface area contributed by atoms with E-state index in [1.807, 2.05) is 55.5 Å². The van der Waals surface area contributed by atoms with Crippen LogP contribution in [0.15, 0.2) is 64.6 Å². The molecule has 2 aliphatic rings. The highest BCUT2D eigenvalue weighted by atomic mass is 32.2. The summed E-state index contributed by atoms with van der Waals surface area (Å²) in [5.74, 6) is 0.900. The second kappa shape index (κ2) is 11.5. The first-order valence-corrected chi connectivity index (χ1v) is 13.3. The van der Waals surface area contributed by atoms with Crippen molar-refractivity contribution in [1.29, 1.82) is 0 Å². The number of H-pyrrole nitrogens is 1. The molecule has 5 rings (SSSR count). The first kappa shape index (κ1) is 26.2. The molecule has 0 spiro atoms. The number of aliphatic imine (C=N–C) groups is 2. The van der Waals surface area contributed by atoms with Crippen molar-refractivity contribution in [3.8, 4) is 5.75 Å². The van der Waals surface area contributed by atoms with E-state index in [-0.39, 0.29) is 36.3 Å². The number of anilines is 1. The molecule has 0 radical (unpaired) electrons. The van der Waals surface area contributed by atoms with Crippen molar-refractivity contribution < 1.29 is 19.1 Å². The van der Waals surface area contributed by atoms with E-state index in [0.717, 1.165) is 28.6 Å². The lowest BCUT2D eigenvalue weighted by atomic mass is 10.1. The van der Waals surface area contributed by atoms with Gasteiger partial charge in [0, 0.05) is 35.9 Å². The number of rotatable bonds is 9. The molecular weight excluding hydrogens is 518 g/mol. The average Bonchev–Trinajstić information content (AvgIpc) is 3.51. The maximum Gasteiger partial charge on any atom is 0.259 e. The predicted octanol–water partition coefficient (Wildman–Crippen LogP) is 3.15. The van der Waals surface area contributed by atoms with Gasteiger partial charge in [0.25, 0.3) is 5.91 Å². The summed E-state index contributed by atoms with van der Waals surface area (Å²) >= 11 is 1.14. The SMILES string of the molecule is COc1ccccc1CNC(=O)CC[C@@H]1N=C2c3ccccc3N=C(SCC(=O)Nc3cc(C)[nH]n3)N2C1=O. The molecule has 2 aliphatic heterocycles. The molecule has 3 N–H and O–H groups in total. The molecule has 3 aromatic rings. The summed E-state index contributed by atoms with van der Waals surface area (Å²) in [7, 11) is 1.58. The molecule has 0 fully saturated rings. The number of amides is 3. The number of amidine groups is 2. The normalized spacial score (nSPS) is 15.7. The number of aryl methyl sites for hydroxylation is 1. The second-order valence-electron chi connectivity index (χ2n) is 8.95. The number of carbonyl (C=O) groups is 3. The third-order valence-electron chi connectivity index (χ3n) is 6.17. The monoisotopic (exact) mass is 545 g/mol. The number of thioether (sulfide) groups is 1. The van der Waals surface area contributed by atoms with Gasteiger partial charge in [-0.1, -0.05) is 42.1 Å². The van der Waals surface area contributed by atoms with Gasteiger partial charge in [-0.15, -0.1) is 0 Å². The fraction of sp³-hybridized carbons (Fsp3) is 0.259. The lowest BCUT2D eigenvalue weighted by molar-refractivity contribution is -0.125. The Morgan fingerprint density at radius 3 is 2.72 bits per heavy atom. The lowest BCUT2D eigenvalue weighted by Gasteiger charge is -2.25. The lowest BCUT2D eigenvalue weighted by Crippen LogP contribution is -2.41. The summed E-state index contributed by atoms with van der Waals surface area (Å²) in [6, 6.07) is 15.9. The first-order chi connectivity index (χ1) is 18.9. The van der Waals surface area contributed by atoms with Crippen molar-refractivity contribution in [3.63, 3.8) is 0 Å². The summed E-state index contributed by atoms with van der Waals surface area (Å²) in [6.07, 6.45) is 0.374. The van der Waals surface area contributed by atoms with E-state index in [1.165, 1.54) is 4.90 Å². The van der Waals surface area contributed by atoms with Crippen molar-refractivity contribution >= 4 is 52.0 Å². The largest absolute Gasteiger partial charge is 0.496 e. The first-order valence-electron chi connectivity index (χ1n) is 12.4. The Bertz CT molecular complexity index is 1480. The zero-order valence-corrected chi connectivity index (χ0v) is 22.2. The Labute approximate surface area is 229 Å². The van der Waals surface area contributed by atoms with Gasteiger partial charge in [0.2, 0.25) is 11.8 Å². The number of ether oxygens (including phenoxy) is 1. The van der Waals surface area contributed by atoms with Crippen LogP contribution in [0.1, 0.15) is 29.7 Å². The summed E-state index contributed by atoms with van der Waals surface area (Å²) in [5.41, 5.74) is 3.09. The van der Waals surface area contributed by atoms with E-state index in [9.17, 15) is 14.4 Å². The van der Waals surface area contributed by atoms with Crippen molar-refractivity contribution in [3.05, 3.63) is 71.4 Å². The van der Waals surface area contributed by atoms with Gasteiger partial charge in [-0.25, -0.2) is 9.89 Å². The average molecular weight is 546 g/mol. The highest BCUT2D eigenvalue weighted by Crippen LogP contribution is 2.34. The highest BCUT2D eigenvalue weighted by Gasteiger charge is 2.41. The van der Waals surface area contributed by atoms with Crippen LogP contribution in [0.4, 0.5) is 11.5 Å². The molecule has 1 aromatic heterocycles. The Balaban J connectivity index is 1.23. The molecule has 1 atom stereocenters. The Morgan fingerprint density at radius 1 is 1.13 bits per heavy atom. The number of fused-ring (bicyclic) bond motifs is 3. The van der Waals surface area contributed by atoms with Crippen LogP contribution in [0, 0.1) is 6.92 Å². The minimum absolute atomic E-state index is 0.0278. The Morgan fingerprint density at radius 2 is 1.92 bits per heavy atom. The third-order valence-corrected chi connectivity index (χ3v) is 7.11. The maximum atomic E-state index is 13.4. The fourth-order valence-electron chi connectivity index (χ4n) is 4.28. The topological polar surface area (TPSA) is 141 Å². The zero-order valence-electron chi connectivity index (χ0n) is 21.4. The van der Waals surface area contributed by atoms with Crippen molar-refractivity contribution in [2.24, 2.45) is 9.98 Å². The van der Waals surface area contributed by atoms with Crippen LogP contribution in [0.2, 0.25) is 0 Å². The van der Waals surface area contributed by atoms with Crippen LogP contribution in [-0.4, -0.2) is 62.7 Å². The fourth-order valence-corrected chi connectivity index (χ4v) is 5.08. The van der Waals surface area contributed by atoms with Crippen LogP contribution in [0.5, 0.6) is 5.75 Å². The van der Waals surface area contributed by atoms with E-state index in [1.54, 1.807) is 13.2 Å².